The lowest BCUT2D eigenvalue weighted by Crippen LogP contribution is -2.48. The number of rotatable bonds is 6. The molecule has 0 unspecified atom stereocenters. The molecule has 0 radical (unpaired) electrons. The van der Waals surface area contributed by atoms with E-state index in [2.05, 4.69) is 15.3 Å². The van der Waals surface area contributed by atoms with Crippen molar-refractivity contribution in [3.63, 3.8) is 0 Å². The van der Waals surface area contributed by atoms with Crippen LogP contribution in [-0.2, 0) is 12.0 Å². The van der Waals surface area contributed by atoms with Crippen molar-refractivity contribution in [2.45, 2.75) is 39.7 Å². The summed E-state index contributed by atoms with van der Waals surface area (Å²) >= 11 is 0. The van der Waals surface area contributed by atoms with Gasteiger partial charge in [0, 0.05) is 38.9 Å². The molecular weight excluding hydrogens is 523 g/mol. The number of carbonyl (C=O) groups is 2. The number of fused-ring (bicyclic) bond motifs is 1. The minimum atomic E-state index is -0.996. The van der Waals surface area contributed by atoms with Gasteiger partial charge in [-0.05, 0) is 24.0 Å². The maximum Gasteiger partial charge on any atom is 0.407 e. The number of ether oxygens (including phenoxy) is 1. The number of piperazine rings is 1. The van der Waals surface area contributed by atoms with E-state index >= 15 is 4.39 Å². The summed E-state index contributed by atoms with van der Waals surface area (Å²) in [6, 6.07) is 1.82. The average molecular weight is 557 g/mol. The van der Waals surface area contributed by atoms with Gasteiger partial charge in [0.2, 0.25) is 11.4 Å². The highest BCUT2D eigenvalue weighted by Crippen LogP contribution is 2.43. The van der Waals surface area contributed by atoms with E-state index in [9.17, 15) is 19.5 Å². The molecule has 6 N–H and O–H groups in total. The molecule has 1 fully saturated rings. The molecule has 1 aliphatic rings. The van der Waals surface area contributed by atoms with Crippen molar-refractivity contribution in [2.75, 3.05) is 49.2 Å². The van der Waals surface area contributed by atoms with Crippen molar-refractivity contribution >= 4 is 46.2 Å². The number of pyridine rings is 1. The third-order valence-corrected chi connectivity index (χ3v) is 6.95. The first-order valence-corrected chi connectivity index (χ1v) is 12.7. The van der Waals surface area contributed by atoms with Gasteiger partial charge in [-0.2, -0.15) is 4.98 Å². The van der Waals surface area contributed by atoms with Crippen LogP contribution in [0.3, 0.4) is 0 Å². The topological polar surface area (TPSA) is 182 Å². The largest absolute Gasteiger partial charge is 0.492 e. The standard InChI is InChI=1S/C26H33FN8O5/c1-6-35-21(28)16(22(29)37)19(36)13-12-30-24(32-23(13)35)31-18-14(26(2,3)4)11-15(20(40-5)17(18)27)33-7-9-34(10-8-33)25(38)39/h11-12H,6-10,28H2,1-5H3,(H2,29,37)(H,38,39)(H,30,31,32). The van der Waals surface area contributed by atoms with Crippen LogP contribution in [0.5, 0.6) is 5.75 Å². The van der Waals surface area contributed by atoms with Crippen LogP contribution in [0, 0.1) is 5.82 Å². The van der Waals surface area contributed by atoms with E-state index in [1.807, 2.05) is 31.7 Å². The Morgan fingerprint density at radius 3 is 2.40 bits per heavy atom. The van der Waals surface area contributed by atoms with Crippen LogP contribution in [0.1, 0.15) is 43.6 Å². The molecule has 1 aliphatic heterocycles. The Labute approximate surface area is 229 Å². The number of aromatic nitrogens is 3. The number of hydrogen-bond acceptors (Lipinski definition) is 9. The number of primary amides is 1. The summed E-state index contributed by atoms with van der Waals surface area (Å²) in [4.78, 5) is 48.0. The molecule has 4 rings (SSSR count). The number of carbonyl (C=O) groups excluding carboxylic acids is 1. The lowest BCUT2D eigenvalue weighted by atomic mass is 9.84. The Morgan fingerprint density at radius 1 is 1.23 bits per heavy atom. The van der Waals surface area contributed by atoms with Gasteiger partial charge in [0.15, 0.2) is 17.2 Å². The number of amides is 2. The van der Waals surface area contributed by atoms with Crippen LogP contribution in [0.15, 0.2) is 17.1 Å². The summed E-state index contributed by atoms with van der Waals surface area (Å²) in [5, 5.41) is 12.3. The molecule has 14 heteroatoms. The van der Waals surface area contributed by atoms with Crippen molar-refractivity contribution in [3.8, 4) is 5.75 Å². The number of carboxylic acid groups (broad SMARTS) is 1. The molecule has 0 spiro atoms. The van der Waals surface area contributed by atoms with Crippen LogP contribution < -0.4 is 31.8 Å². The molecule has 2 amide bonds. The molecule has 3 aromatic rings. The molecule has 0 aliphatic carbocycles. The van der Waals surface area contributed by atoms with E-state index in [1.165, 1.54) is 22.8 Å². The Morgan fingerprint density at radius 2 is 1.88 bits per heavy atom. The van der Waals surface area contributed by atoms with E-state index < -0.39 is 28.7 Å². The number of methoxy groups -OCH3 is 1. The van der Waals surface area contributed by atoms with Gasteiger partial charge in [-0.3, -0.25) is 9.59 Å². The monoisotopic (exact) mass is 556 g/mol. The molecule has 1 saturated heterocycles. The van der Waals surface area contributed by atoms with Gasteiger partial charge in [-0.15, -0.1) is 0 Å². The van der Waals surface area contributed by atoms with E-state index in [1.54, 1.807) is 6.92 Å². The maximum atomic E-state index is 16.2. The van der Waals surface area contributed by atoms with Gasteiger partial charge in [-0.25, -0.2) is 14.2 Å². The number of hydrogen-bond donors (Lipinski definition) is 4. The fourth-order valence-corrected chi connectivity index (χ4v) is 4.87. The summed E-state index contributed by atoms with van der Waals surface area (Å²) in [7, 11) is 1.36. The van der Waals surface area contributed by atoms with Gasteiger partial charge >= 0.3 is 6.09 Å². The van der Waals surface area contributed by atoms with Gasteiger partial charge in [0.1, 0.15) is 11.4 Å². The zero-order valence-electron chi connectivity index (χ0n) is 23.0. The van der Waals surface area contributed by atoms with Crippen molar-refractivity contribution in [2.24, 2.45) is 5.73 Å². The lowest BCUT2D eigenvalue weighted by molar-refractivity contribution is 0.0999. The summed E-state index contributed by atoms with van der Waals surface area (Å²) < 4.78 is 23.2. The van der Waals surface area contributed by atoms with E-state index in [0.29, 0.717) is 24.3 Å². The summed E-state index contributed by atoms with van der Waals surface area (Å²) in [6.45, 7) is 9.10. The van der Waals surface area contributed by atoms with Crippen LogP contribution in [0.4, 0.5) is 32.3 Å². The number of nitrogens with two attached hydrogens (primary N) is 2. The second kappa shape index (κ2) is 10.5. The molecule has 1 aromatic carbocycles. The number of aryl methyl sites for hydroxylation is 1. The van der Waals surface area contributed by atoms with Gasteiger partial charge in [0.25, 0.3) is 5.91 Å². The second-order valence-corrected chi connectivity index (χ2v) is 10.4. The van der Waals surface area contributed by atoms with Crippen LogP contribution >= 0.6 is 0 Å². The van der Waals surface area contributed by atoms with Gasteiger partial charge in [-0.1, -0.05) is 20.8 Å². The lowest BCUT2D eigenvalue weighted by Gasteiger charge is -2.36. The minimum absolute atomic E-state index is 0.00500. The quantitative estimate of drug-likeness (QED) is 0.352. The normalized spacial score (nSPS) is 13.9. The number of nitrogens with one attached hydrogen (secondary N) is 1. The molecule has 214 valence electrons. The predicted molar refractivity (Wildman–Crippen MR) is 149 cm³/mol. The highest BCUT2D eigenvalue weighted by atomic mass is 19.1. The smallest absolute Gasteiger partial charge is 0.407 e. The van der Waals surface area contributed by atoms with Crippen molar-refractivity contribution in [3.05, 3.63) is 39.4 Å². The highest BCUT2D eigenvalue weighted by Gasteiger charge is 2.31. The minimum Gasteiger partial charge on any atom is -0.492 e. The third kappa shape index (κ3) is 4.92. The Kier molecular flexibility index (Phi) is 7.46. The van der Waals surface area contributed by atoms with Gasteiger partial charge in [0.05, 0.1) is 23.9 Å². The van der Waals surface area contributed by atoms with Crippen LogP contribution in [0.2, 0.25) is 0 Å². The molecule has 13 nitrogen and oxygen atoms in total. The molecule has 3 heterocycles. The number of nitrogens with zero attached hydrogens (tertiary/aromatic N) is 5. The molecular formula is C26H33FN8O5. The molecule has 0 atom stereocenters. The predicted octanol–water partition coefficient (Wildman–Crippen LogP) is 2.48. The highest BCUT2D eigenvalue weighted by molar-refractivity contribution is 6.00. The summed E-state index contributed by atoms with van der Waals surface area (Å²) in [6.07, 6.45) is 0.247. The Balaban J connectivity index is 1.84. The van der Waals surface area contributed by atoms with Crippen molar-refractivity contribution < 1.29 is 23.8 Å². The number of halogens is 1. The van der Waals surface area contributed by atoms with E-state index in [-0.39, 0.29) is 59.4 Å². The van der Waals surface area contributed by atoms with Gasteiger partial charge < -0.3 is 41.0 Å². The zero-order valence-corrected chi connectivity index (χ0v) is 23.0. The molecule has 0 saturated carbocycles. The van der Waals surface area contributed by atoms with Crippen LogP contribution in [-0.4, -0.2) is 69.8 Å². The van der Waals surface area contributed by atoms with Crippen molar-refractivity contribution in [1.29, 1.82) is 0 Å². The maximum absolute atomic E-state index is 16.2. The van der Waals surface area contributed by atoms with Crippen molar-refractivity contribution in [1.82, 2.24) is 19.4 Å². The second-order valence-electron chi connectivity index (χ2n) is 10.4. The first kappa shape index (κ1) is 28.4. The number of benzene rings is 1. The Bertz CT molecular complexity index is 1560. The third-order valence-electron chi connectivity index (χ3n) is 6.95. The SMILES string of the molecule is CCn1c(N)c(C(N)=O)c(=O)c2cnc(Nc3c(C(C)(C)C)cc(N4CCN(C(=O)O)CC4)c(OC)c3F)nc21. The van der Waals surface area contributed by atoms with E-state index in [0.717, 1.165) is 0 Å². The van der Waals surface area contributed by atoms with E-state index in [4.69, 9.17) is 16.2 Å². The first-order chi connectivity index (χ1) is 18.8. The Hall–Kier alpha value is -4.62. The number of anilines is 4. The first-order valence-electron chi connectivity index (χ1n) is 12.7. The number of nitrogen functional groups attached to an aromatic ring is 1. The molecule has 2 aromatic heterocycles. The fraction of sp³-hybridized carbons (Fsp3) is 0.423. The average Bonchev–Trinajstić information content (AvgIpc) is 2.89. The summed E-state index contributed by atoms with van der Waals surface area (Å²) in [5.74, 6) is -1.77. The summed E-state index contributed by atoms with van der Waals surface area (Å²) in [5.41, 5.74) is 11.2. The molecule has 40 heavy (non-hydrogen) atoms. The fourth-order valence-electron chi connectivity index (χ4n) is 4.87. The van der Waals surface area contributed by atoms with Crippen LogP contribution in [0.25, 0.3) is 11.0 Å². The molecule has 0 bridgehead atoms. The zero-order chi connectivity index (χ0) is 29.5.